The van der Waals surface area contributed by atoms with Crippen LogP contribution >= 0.6 is 0 Å². The largest absolute Gasteiger partial charge is 0.508 e. The van der Waals surface area contributed by atoms with Crippen molar-refractivity contribution in [3.8, 4) is 5.75 Å². The molecule has 0 saturated carbocycles. The van der Waals surface area contributed by atoms with Gasteiger partial charge in [0, 0.05) is 7.05 Å². The van der Waals surface area contributed by atoms with E-state index in [0.29, 0.717) is 12.2 Å². The Hall–Kier alpha value is -2.41. The minimum Gasteiger partial charge on any atom is -0.508 e. The molecule has 1 atom stereocenters. The lowest BCUT2D eigenvalue weighted by molar-refractivity contribution is -0.122. The molecule has 0 radical (unpaired) electrons. The zero-order valence-electron chi connectivity index (χ0n) is 11.2. The molecule has 1 heterocycles. The third kappa shape index (κ3) is 3.79. The fourth-order valence-electron chi connectivity index (χ4n) is 1.74. The van der Waals surface area contributed by atoms with Gasteiger partial charge in [0.1, 0.15) is 12.1 Å². The highest BCUT2D eigenvalue weighted by molar-refractivity contribution is 5.81. The SMILES string of the molecule is Cn1cnc(CNC(=O)C(N)Cc2ccc(O)cc2)n1. The first-order valence-corrected chi connectivity index (χ1v) is 6.20. The van der Waals surface area contributed by atoms with Gasteiger partial charge < -0.3 is 16.2 Å². The Labute approximate surface area is 116 Å². The van der Waals surface area contributed by atoms with Crippen molar-refractivity contribution in [2.45, 2.75) is 19.0 Å². The van der Waals surface area contributed by atoms with Gasteiger partial charge >= 0.3 is 0 Å². The van der Waals surface area contributed by atoms with Gasteiger partial charge in [0.15, 0.2) is 5.82 Å². The number of amides is 1. The van der Waals surface area contributed by atoms with Crippen molar-refractivity contribution < 1.29 is 9.90 Å². The van der Waals surface area contributed by atoms with Crippen LogP contribution < -0.4 is 11.1 Å². The van der Waals surface area contributed by atoms with Crippen LogP contribution in [0.3, 0.4) is 0 Å². The third-order valence-electron chi connectivity index (χ3n) is 2.80. The lowest BCUT2D eigenvalue weighted by Gasteiger charge is -2.11. The van der Waals surface area contributed by atoms with Crippen molar-refractivity contribution in [3.63, 3.8) is 0 Å². The average Bonchev–Trinajstić information content (AvgIpc) is 2.84. The standard InChI is InChI=1S/C13H17N5O2/c1-18-8-16-12(17-18)7-15-13(20)11(14)6-9-2-4-10(19)5-3-9/h2-5,8,11,19H,6-7,14H2,1H3,(H,15,20). The molecule has 1 aromatic carbocycles. The minimum absolute atomic E-state index is 0.188. The molecular formula is C13H17N5O2. The average molecular weight is 275 g/mol. The van der Waals surface area contributed by atoms with E-state index in [1.807, 2.05) is 0 Å². The van der Waals surface area contributed by atoms with Crippen molar-refractivity contribution in [3.05, 3.63) is 42.0 Å². The van der Waals surface area contributed by atoms with Gasteiger partial charge in [0.05, 0.1) is 12.6 Å². The topological polar surface area (TPSA) is 106 Å². The first-order valence-electron chi connectivity index (χ1n) is 6.20. The summed E-state index contributed by atoms with van der Waals surface area (Å²) in [4.78, 5) is 15.9. The molecule has 0 fully saturated rings. The fraction of sp³-hybridized carbons (Fsp3) is 0.308. The molecule has 4 N–H and O–H groups in total. The summed E-state index contributed by atoms with van der Waals surface area (Å²) >= 11 is 0. The van der Waals surface area contributed by atoms with Crippen LogP contribution in [-0.4, -0.2) is 31.8 Å². The molecule has 0 bridgehead atoms. The molecule has 106 valence electrons. The Morgan fingerprint density at radius 3 is 2.75 bits per heavy atom. The summed E-state index contributed by atoms with van der Waals surface area (Å²) in [7, 11) is 1.76. The van der Waals surface area contributed by atoms with E-state index < -0.39 is 6.04 Å². The first kappa shape index (κ1) is 14.0. The van der Waals surface area contributed by atoms with E-state index in [4.69, 9.17) is 5.73 Å². The lowest BCUT2D eigenvalue weighted by Crippen LogP contribution is -2.41. The minimum atomic E-state index is -0.650. The predicted molar refractivity (Wildman–Crippen MR) is 72.6 cm³/mol. The van der Waals surface area contributed by atoms with Gasteiger partial charge in [0.25, 0.3) is 0 Å². The Kier molecular flexibility index (Phi) is 4.31. The monoisotopic (exact) mass is 275 g/mol. The normalized spacial score (nSPS) is 12.1. The Morgan fingerprint density at radius 1 is 1.45 bits per heavy atom. The second-order valence-corrected chi connectivity index (χ2v) is 4.53. The Morgan fingerprint density at radius 2 is 2.15 bits per heavy atom. The number of aryl methyl sites for hydroxylation is 1. The number of phenolic OH excluding ortho intramolecular Hbond substituents is 1. The number of carbonyl (C=O) groups excluding carboxylic acids is 1. The molecule has 2 rings (SSSR count). The summed E-state index contributed by atoms with van der Waals surface area (Å²) in [5.41, 5.74) is 6.73. The summed E-state index contributed by atoms with van der Waals surface area (Å²) in [6.07, 6.45) is 1.97. The van der Waals surface area contributed by atoms with E-state index in [0.717, 1.165) is 5.56 Å². The Bertz CT molecular complexity index is 579. The predicted octanol–water partition coefficient (Wildman–Crippen LogP) is -0.293. The molecule has 0 aliphatic rings. The number of nitrogens with one attached hydrogen (secondary N) is 1. The van der Waals surface area contributed by atoms with Crippen LogP contribution in [0.4, 0.5) is 0 Å². The van der Waals surface area contributed by atoms with Crippen molar-refractivity contribution in [1.29, 1.82) is 0 Å². The van der Waals surface area contributed by atoms with Crippen LogP contribution in [0.5, 0.6) is 5.75 Å². The number of hydrogen-bond donors (Lipinski definition) is 3. The number of hydrogen-bond acceptors (Lipinski definition) is 5. The van der Waals surface area contributed by atoms with Gasteiger partial charge in [-0.3, -0.25) is 9.48 Å². The van der Waals surface area contributed by atoms with E-state index in [1.54, 1.807) is 42.3 Å². The number of nitrogens with two attached hydrogens (primary N) is 1. The van der Waals surface area contributed by atoms with E-state index in [9.17, 15) is 9.90 Å². The van der Waals surface area contributed by atoms with Crippen molar-refractivity contribution >= 4 is 5.91 Å². The second kappa shape index (κ2) is 6.16. The molecule has 20 heavy (non-hydrogen) atoms. The van der Waals surface area contributed by atoms with E-state index in [-0.39, 0.29) is 18.2 Å². The van der Waals surface area contributed by atoms with Crippen LogP contribution in [0, 0.1) is 0 Å². The summed E-state index contributed by atoms with van der Waals surface area (Å²) in [6.45, 7) is 0.253. The van der Waals surface area contributed by atoms with Crippen molar-refractivity contribution in [1.82, 2.24) is 20.1 Å². The van der Waals surface area contributed by atoms with Gasteiger partial charge in [-0.15, -0.1) is 0 Å². The highest BCUT2D eigenvalue weighted by Gasteiger charge is 2.14. The van der Waals surface area contributed by atoms with Crippen LogP contribution in [0.2, 0.25) is 0 Å². The number of carbonyl (C=O) groups is 1. The molecule has 0 aliphatic heterocycles. The summed E-state index contributed by atoms with van der Waals surface area (Å²) in [6, 6.07) is 5.96. The van der Waals surface area contributed by atoms with Crippen molar-refractivity contribution in [2.75, 3.05) is 0 Å². The number of phenols is 1. The van der Waals surface area contributed by atoms with Gasteiger partial charge in [0.2, 0.25) is 5.91 Å². The molecule has 1 unspecified atom stereocenters. The zero-order chi connectivity index (χ0) is 14.5. The highest BCUT2D eigenvalue weighted by Crippen LogP contribution is 2.10. The van der Waals surface area contributed by atoms with Gasteiger partial charge in [-0.2, -0.15) is 5.10 Å². The molecule has 7 nitrogen and oxygen atoms in total. The number of aromatic hydroxyl groups is 1. The summed E-state index contributed by atoms with van der Waals surface area (Å²) in [5, 5.41) is 15.9. The summed E-state index contributed by atoms with van der Waals surface area (Å²) in [5.74, 6) is 0.469. The molecule has 7 heteroatoms. The number of aromatic nitrogens is 3. The van der Waals surface area contributed by atoms with E-state index >= 15 is 0 Å². The zero-order valence-corrected chi connectivity index (χ0v) is 11.2. The maximum absolute atomic E-state index is 11.8. The maximum atomic E-state index is 11.8. The third-order valence-corrected chi connectivity index (χ3v) is 2.80. The quantitative estimate of drug-likeness (QED) is 0.695. The molecule has 0 aliphatic carbocycles. The number of nitrogens with zero attached hydrogens (tertiary/aromatic N) is 3. The first-order chi connectivity index (χ1) is 9.54. The molecule has 2 aromatic rings. The molecule has 1 amide bonds. The van der Waals surface area contributed by atoms with Crippen LogP contribution in [0.1, 0.15) is 11.4 Å². The van der Waals surface area contributed by atoms with Crippen LogP contribution in [-0.2, 0) is 24.8 Å². The second-order valence-electron chi connectivity index (χ2n) is 4.53. The lowest BCUT2D eigenvalue weighted by atomic mass is 10.1. The van der Waals surface area contributed by atoms with Gasteiger partial charge in [-0.1, -0.05) is 12.1 Å². The smallest absolute Gasteiger partial charge is 0.237 e. The van der Waals surface area contributed by atoms with E-state index in [2.05, 4.69) is 15.4 Å². The van der Waals surface area contributed by atoms with Crippen LogP contribution in [0.15, 0.2) is 30.6 Å². The molecule has 0 saturated heterocycles. The Balaban J connectivity index is 1.84. The molecular weight excluding hydrogens is 258 g/mol. The van der Waals surface area contributed by atoms with Gasteiger partial charge in [-0.05, 0) is 24.1 Å². The molecule has 0 spiro atoms. The van der Waals surface area contributed by atoms with E-state index in [1.165, 1.54) is 0 Å². The highest BCUT2D eigenvalue weighted by atomic mass is 16.3. The van der Waals surface area contributed by atoms with Crippen LogP contribution in [0.25, 0.3) is 0 Å². The summed E-state index contributed by atoms with van der Waals surface area (Å²) < 4.78 is 1.57. The fourth-order valence-corrected chi connectivity index (χ4v) is 1.74. The molecule has 1 aromatic heterocycles. The van der Waals surface area contributed by atoms with Crippen molar-refractivity contribution in [2.24, 2.45) is 12.8 Å². The number of benzene rings is 1. The number of rotatable bonds is 5. The van der Waals surface area contributed by atoms with Gasteiger partial charge in [-0.25, -0.2) is 4.98 Å². The maximum Gasteiger partial charge on any atom is 0.237 e.